The Balaban J connectivity index is 1.83. The summed E-state index contributed by atoms with van der Waals surface area (Å²) in [5, 5.41) is 6.77. The van der Waals surface area contributed by atoms with Crippen molar-refractivity contribution in [3.8, 4) is 0 Å². The Morgan fingerprint density at radius 2 is 2.15 bits per heavy atom. The van der Waals surface area contributed by atoms with Crippen LogP contribution in [0.15, 0.2) is 22.7 Å². The lowest BCUT2D eigenvalue weighted by Gasteiger charge is -2.28. The summed E-state index contributed by atoms with van der Waals surface area (Å²) in [5.74, 6) is -0.715. The molecule has 20 heavy (non-hydrogen) atoms. The van der Waals surface area contributed by atoms with Crippen molar-refractivity contribution in [2.45, 2.75) is 18.9 Å². The highest BCUT2D eigenvalue weighted by atomic mass is 16.5. The number of piperidine rings is 1. The van der Waals surface area contributed by atoms with E-state index in [1.807, 2.05) is 0 Å². The van der Waals surface area contributed by atoms with Crippen molar-refractivity contribution in [3.63, 3.8) is 0 Å². The van der Waals surface area contributed by atoms with Gasteiger partial charge in [0, 0.05) is 6.42 Å². The molecule has 1 N–H and O–H groups in total. The van der Waals surface area contributed by atoms with Crippen LogP contribution < -0.4 is 10.2 Å². The highest BCUT2D eigenvalue weighted by molar-refractivity contribution is 6.25. The van der Waals surface area contributed by atoms with Gasteiger partial charge in [-0.05, 0) is 18.6 Å². The summed E-state index contributed by atoms with van der Waals surface area (Å²) in [7, 11) is 0. The van der Waals surface area contributed by atoms with Crippen LogP contribution in [0.1, 0.15) is 23.2 Å². The van der Waals surface area contributed by atoms with Gasteiger partial charge in [0.25, 0.3) is 5.91 Å². The fraction of sp³-hybridized carbons (Fsp3) is 0.231. The van der Waals surface area contributed by atoms with E-state index in [-0.39, 0.29) is 18.2 Å². The summed E-state index contributed by atoms with van der Waals surface area (Å²) in [4.78, 5) is 36.9. The van der Waals surface area contributed by atoms with Crippen molar-refractivity contribution in [1.29, 1.82) is 0 Å². The quantitative estimate of drug-likeness (QED) is 0.766. The molecule has 7 nitrogen and oxygen atoms in total. The zero-order valence-corrected chi connectivity index (χ0v) is 10.3. The Hall–Kier alpha value is -2.70. The zero-order valence-electron chi connectivity index (χ0n) is 10.3. The van der Waals surface area contributed by atoms with Crippen molar-refractivity contribution in [2.75, 3.05) is 4.90 Å². The van der Waals surface area contributed by atoms with Gasteiger partial charge >= 0.3 is 0 Å². The first kappa shape index (κ1) is 11.2. The second-order valence-corrected chi connectivity index (χ2v) is 4.83. The second-order valence-electron chi connectivity index (χ2n) is 4.83. The number of nitrogens with zero attached hydrogens (tertiary/aromatic N) is 2. The molecule has 7 heteroatoms. The molecule has 1 unspecified atom stereocenters. The molecule has 0 spiro atoms. The number of imide groups is 1. The molecule has 1 fully saturated rings. The summed E-state index contributed by atoms with van der Waals surface area (Å²) in [5.41, 5.74) is 0.990. The Morgan fingerprint density at radius 1 is 1.30 bits per heavy atom. The fourth-order valence-electron chi connectivity index (χ4n) is 2.76. The van der Waals surface area contributed by atoms with E-state index in [1.165, 1.54) is 4.90 Å². The van der Waals surface area contributed by atoms with Crippen LogP contribution in [-0.4, -0.2) is 28.9 Å². The molecule has 1 saturated heterocycles. The van der Waals surface area contributed by atoms with Crippen LogP contribution in [0.25, 0.3) is 11.0 Å². The van der Waals surface area contributed by atoms with Crippen LogP contribution in [0.4, 0.5) is 5.82 Å². The molecule has 3 heterocycles. The molecule has 2 aliphatic rings. The van der Waals surface area contributed by atoms with E-state index in [9.17, 15) is 14.4 Å². The van der Waals surface area contributed by atoms with E-state index >= 15 is 0 Å². The molecule has 2 aromatic rings. The average molecular weight is 271 g/mol. The van der Waals surface area contributed by atoms with Crippen molar-refractivity contribution < 1.29 is 18.9 Å². The second kappa shape index (κ2) is 3.66. The van der Waals surface area contributed by atoms with Gasteiger partial charge in [0.15, 0.2) is 11.4 Å². The standard InChI is InChI=1S/C13H9N3O4/c17-9-5-4-7(12(18)14-9)16-11-10-6(13(16)19)2-1-3-8(10)20-15-11/h1-3,7H,4-5H2,(H,14,17,18). The number of hydrogen-bond acceptors (Lipinski definition) is 5. The monoisotopic (exact) mass is 271 g/mol. The Labute approximate surface area is 112 Å². The van der Waals surface area contributed by atoms with E-state index in [0.717, 1.165) is 0 Å². The molecule has 0 saturated carbocycles. The predicted molar refractivity (Wildman–Crippen MR) is 67.0 cm³/mol. The third-order valence-corrected chi connectivity index (χ3v) is 3.68. The number of anilines is 1. The van der Waals surface area contributed by atoms with Gasteiger partial charge in [-0.2, -0.15) is 0 Å². The van der Waals surface area contributed by atoms with Gasteiger partial charge in [0.05, 0.1) is 10.9 Å². The molecule has 100 valence electrons. The summed E-state index contributed by atoms with van der Waals surface area (Å²) >= 11 is 0. The van der Waals surface area contributed by atoms with Crippen LogP contribution in [0, 0.1) is 0 Å². The predicted octanol–water partition coefficient (Wildman–Crippen LogP) is 0.593. The highest BCUT2D eigenvalue weighted by Crippen LogP contribution is 2.38. The van der Waals surface area contributed by atoms with Gasteiger partial charge in [-0.15, -0.1) is 0 Å². The topological polar surface area (TPSA) is 92.5 Å². The largest absolute Gasteiger partial charge is 0.354 e. The number of aromatic nitrogens is 1. The van der Waals surface area contributed by atoms with Gasteiger partial charge in [-0.25, -0.2) is 0 Å². The van der Waals surface area contributed by atoms with E-state index in [4.69, 9.17) is 4.52 Å². The van der Waals surface area contributed by atoms with E-state index in [0.29, 0.717) is 28.8 Å². The molecule has 4 rings (SSSR count). The third kappa shape index (κ3) is 1.29. The van der Waals surface area contributed by atoms with Crippen molar-refractivity contribution in [1.82, 2.24) is 10.5 Å². The molecule has 1 aromatic heterocycles. The SMILES string of the molecule is O=C1CCC(N2C(=O)c3cccc4onc2c34)C(=O)N1. The Morgan fingerprint density at radius 3 is 2.95 bits per heavy atom. The molecule has 3 amide bonds. The molecular formula is C13H9N3O4. The average Bonchev–Trinajstić information content (AvgIpc) is 2.96. The van der Waals surface area contributed by atoms with Crippen LogP contribution in [0.5, 0.6) is 0 Å². The maximum atomic E-state index is 12.4. The first-order valence-corrected chi connectivity index (χ1v) is 6.22. The van der Waals surface area contributed by atoms with E-state index < -0.39 is 11.9 Å². The molecule has 0 radical (unpaired) electrons. The Bertz CT molecular complexity index is 779. The minimum atomic E-state index is -0.721. The number of nitrogens with one attached hydrogen (secondary N) is 1. The minimum Gasteiger partial charge on any atom is -0.354 e. The fourth-order valence-corrected chi connectivity index (χ4v) is 2.76. The summed E-state index contributed by atoms with van der Waals surface area (Å²) in [6.07, 6.45) is 0.496. The number of benzene rings is 1. The molecule has 0 bridgehead atoms. The van der Waals surface area contributed by atoms with Crippen molar-refractivity contribution in [2.24, 2.45) is 0 Å². The maximum Gasteiger partial charge on any atom is 0.261 e. The van der Waals surface area contributed by atoms with Gasteiger partial charge in [0.2, 0.25) is 11.8 Å². The zero-order chi connectivity index (χ0) is 13.9. The molecule has 1 atom stereocenters. The summed E-state index contributed by atoms with van der Waals surface area (Å²) < 4.78 is 5.16. The van der Waals surface area contributed by atoms with E-state index in [1.54, 1.807) is 18.2 Å². The maximum absolute atomic E-state index is 12.4. The number of carbonyl (C=O) groups excluding carboxylic acids is 3. The summed E-state index contributed by atoms with van der Waals surface area (Å²) in [6.45, 7) is 0. The van der Waals surface area contributed by atoms with Gasteiger partial charge in [-0.3, -0.25) is 24.6 Å². The lowest BCUT2D eigenvalue weighted by molar-refractivity contribution is -0.134. The van der Waals surface area contributed by atoms with Crippen LogP contribution in [-0.2, 0) is 9.59 Å². The minimum absolute atomic E-state index is 0.206. The number of carbonyl (C=O) groups is 3. The molecule has 1 aromatic carbocycles. The van der Waals surface area contributed by atoms with Crippen molar-refractivity contribution >= 4 is 34.5 Å². The molecular weight excluding hydrogens is 262 g/mol. The van der Waals surface area contributed by atoms with Crippen LogP contribution >= 0.6 is 0 Å². The highest BCUT2D eigenvalue weighted by Gasteiger charge is 2.42. The summed E-state index contributed by atoms with van der Waals surface area (Å²) in [6, 6.07) is 4.38. The first-order valence-electron chi connectivity index (χ1n) is 6.22. The smallest absolute Gasteiger partial charge is 0.261 e. The lowest BCUT2D eigenvalue weighted by Crippen LogP contribution is -2.53. The normalized spacial score (nSPS) is 21.7. The Kier molecular flexibility index (Phi) is 2.04. The lowest BCUT2D eigenvalue weighted by atomic mass is 10.0. The van der Waals surface area contributed by atoms with Crippen molar-refractivity contribution in [3.05, 3.63) is 23.8 Å². The number of amides is 3. The van der Waals surface area contributed by atoms with Gasteiger partial charge in [0.1, 0.15) is 6.04 Å². The first-order chi connectivity index (χ1) is 9.66. The van der Waals surface area contributed by atoms with E-state index in [2.05, 4.69) is 10.5 Å². The third-order valence-electron chi connectivity index (χ3n) is 3.68. The number of rotatable bonds is 1. The molecule has 0 aliphatic carbocycles. The molecule has 2 aliphatic heterocycles. The van der Waals surface area contributed by atoms with Crippen LogP contribution in [0.2, 0.25) is 0 Å². The van der Waals surface area contributed by atoms with Crippen LogP contribution in [0.3, 0.4) is 0 Å². The van der Waals surface area contributed by atoms with Gasteiger partial charge < -0.3 is 4.52 Å². The number of hydrogen-bond donors (Lipinski definition) is 1. The van der Waals surface area contributed by atoms with Gasteiger partial charge in [-0.1, -0.05) is 11.2 Å².